The lowest BCUT2D eigenvalue weighted by Gasteiger charge is -2.17. The van der Waals surface area contributed by atoms with Crippen molar-refractivity contribution in [3.05, 3.63) is 23.9 Å². The van der Waals surface area contributed by atoms with Crippen LogP contribution in [0.2, 0.25) is 0 Å². The smallest absolute Gasteiger partial charge is 0.237 e. The first-order chi connectivity index (χ1) is 8.68. The average molecular weight is 285 g/mol. The maximum Gasteiger partial charge on any atom is 0.237 e. The summed E-state index contributed by atoms with van der Waals surface area (Å²) in [5, 5.41) is 6.16. The number of carbonyl (C=O) groups excluding carboxylic acids is 1. The molecule has 1 saturated heterocycles. The van der Waals surface area contributed by atoms with E-state index in [2.05, 4.69) is 15.6 Å². The number of hydrogen-bond donors (Lipinski definition) is 2. The van der Waals surface area contributed by atoms with Gasteiger partial charge in [-0.1, -0.05) is 6.07 Å². The van der Waals surface area contributed by atoms with Crippen molar-refractivity contribution >= 4 is 24.1 Å². The Balaban J connectivity index is 0.00000180. The van der Waals surface area contributed by atoms with Crippen LogP contribution in [0.3, 0.4) is 0 Å². The first kappa shape index (κ1) is 15.7. The van der Waals surface area contributed by atoms with Crippen LogP contribution in [0.4, 0.5) is 5.82 Å². The van der Waals surface area contributed by atoms with Gasteiger partial charge in [-0.25, -0.2) is 4.98 Å². The highest BCUT2D eigenvalue weighted by Gasteiger charge is 2.21. The van der Waals surface area contributed by atoms with Gasteiger partial charge in [0.1, 0.15) is 5.82 Å². The van der Waals surface area contributed by atoms with Gasteiger partial charge in [0.2, 0.25) is 5.91 Å². The molecule has 2 heterocycles. The van der Waals surface area contributed by atoms with Gasteiger partial charge in [-0.15, -0.1) is 12.4 Å². The molecule has 0 saturated carbocycles. The van der Waals surface area contributed by atoms with E-state index in [1.54, 1.807) is 6.20 Å². The lowest BCUT2D eigenvalue weighted by molar-refractivity contribution is -0.122. The number of nitrogens with zero attached hydrogens (tertiary/aromatic N) is 2. The number of rotatable bonds is 4. The quantitative estimate of drug-likeness (QED) is 0.864. The van der Waals surface area contributed by atoms with Crippen LogP contribution in [-0.2, 0) is 11.3 Å². The largest absolute Gasteiger partial charge is 0.362 e. The molecule has 0 bridgehead atoms. The molecule has 1 amide bonds. The van der Waals surface area contributed by atoms with Crippen LogP contribution >= 0.6 is 12.4 Å². The van der Waals surface area contributed by atoms with Gasteiger partial charge in [0, 0.05) is 32.4 Å². The minimum atomic E-state index is -0.0236. The monoisotopic (exact) mass is 284 g/mol. The molecule has 0 aromatic carbocycles. The Bertz CT molecular complexity index is 419. The van der Waals surface area contributed by atoms with Crippen LogP contribution in [0, 0.1) is 0 Å². The Kier molecular flexibility index (Phi) is 6.05. The number of anilines is 1. The van der Waals surface area contributed by atoms with Crippen molar-refractivity contribution in [3.63, 3.8) is 0 Å². The standard InChI is InChI=1S/C13H20N4O.ClH/c1-17(2)12-10(5-3-8-15-12)9-16-13(18)11-6-4-7-14-11;/h3,5,8,11,14H,4,6-7,9H2,1-2H3,(H,16,18);1H. The van der Waals surface area contributed by atoms with Crippen LogP contribution in [0.15, 0.2) is 18.3 Å². The summed E-state index contributed by atoms with van der Waals surface area (Å²) < 4.78 is 0. The molecular weight excluding hydrogens is 264 g/mol. The zero-order valence-electron chi connectivity index (χ0n) is 11.3. The SMILES string of the molecule is CN(C)c1ncccc1CNC(=O)C1CCCN1.Cl. The van der Waals surface area contributed by atoms with Crippen molar-refractivity contribution in [2.75, 3.05) is 25.5 Å². The minimum absolute atomic E-state index is 0. The van der Waals surface area contributed by atoms with Crippen molar-refractivity contribution in [2.24, 2.45) is 0 Å². The van der Waals surface area contributed by atoms with E-state index in [1.165, 1.54) is 0 Å². The van der Waals surface area contributed by atoms with Gasteiger partial charge < -0.3 is 15.5 Å². The molecule has 1 aromatic rings. The van der Waals surface area contributed by atoms with Crippen molar-refractivity contribution in [3.8, 4) is 0 Å². The molecule has 5 nitrogen and oxygen atoms in total. The molecule has 6 heteroatoms. The third-order valence-electron chi connectivity index (χ3n) is 3.12. The Morgan fingerprint density at radius 3 is 3.00 bits per heavy atom. The maximum atomic E-state index is 11.9. The molecule has 2 N–H and O–H groups in total. The number of aromatic nitrogens is 1. The summed E-state index contributed by atoms with van der Waals surface area (Å²) in [5.41, 5.74) is 1.04. The van der Waals surface area contributed by atoms with Gasteiger partial charge in [0.05, 0.1) is 6.04 Å². The van der Waals surface area contributed by atoms with E-state index in [1.807, 2.05) is 31.1 Å². The van der Waals surface area contributed by atoms with Crippen molar-refractivity contribution in [2.45, 2.75) is 25.4 Å². The summed E-state index contributed by atoms with van der Waals surface area (Å²) in [6.07, 6.45) is 3.77. The summed E-state index contributed by atoms with van der Waals surface area (Å²) in [7, 11) is 3.90. The third-order valence-corrected chi connectivity index (χ3v) is 3.12. The molecule has 1 unspecified atom stereocenters. The summed E-state index contributed by atoms with van der Waals surface area (Å²) in [6, 6.07) is 3.86. The second kappa shape index (κ2) is 7.31. The highest BCUT2D eigenvalue weighted by atomic mass is 35.5. The third kappa shape index (κ3) is 4.08. The predicted octanol–water partition coefficient (Wildman–Crippen LogP) is 0.938. The fraction of sp³-hybridized carbons (Fsp3) is 0.538. The van der Waals surface area contributed by atoms with Crippen LogP contribution in [0.5, 0.6) is 0 Å². The normalized spacial score (nSPS) is 17.7. The zero-order chi connectivity index (χ0) is 13.0. The first-order valence-electron chi connectivity index (χ1n) is 6.31. The van der Waals surface area contributed by atoms with Crippen LogP contribution in [-0.4, -0.2) is 37.6 Å². The number of hydrogen-bond acceptors (Lipinski definition) is 4. The number of carbonyl (C=O) groups is 1. The molecule has 1 aliphatic heterocycles. The molecule has 1 atom stereocenters. The van der Waals surface area contributed by atoms with E-state index < -0.39 is 0 Å². The van der Waals surface area contributed by atoms with E-state index >= 15 is 0 Å². The first-order valence-corrected chi connectivity index (χ1v) is 6.31. The molecule has 0 aliphatic carbocycles. The Morgan fingerprint density at radius 1 is 1.58 bits per heavy atom. The second-order valence-corrected chi connectivity index (χ2v) is 4.75. The van der Waals surface area contributed by atoms with Crippen LogP contribution in [0.1, 0.15) is 18.4 Å². The molecule has 2 rings (SSSR count). The van der Waals surface area contributed by atoms with Crippen LogP contribution in [0.25, 0.3) is 0 Å². The minimum Gasteiger partial charge on any atom is -0.362 e. The number of nitrogens with one attached hydrogen (secondary N) is 2. The fourth-order valence-corrected chi connectivity index (χ4v) is 2.18. The Hall–Kier alpha value is -1.33. The zero-order valence-corrected chi connectivity index (χ0v) is 12.2. The highest BCUT2D eigenvalue weighted by molar-refractivity contribution is 5.85. The maximum absolute atomic E-state index is 11.9. The van der Waals surface area contributed by atoms with E-state index in [0.717, 1.165) is 30.8 Å². The molecule has 1 aromatic heterocycles. The van der Waals surface area contributed by atoms with Crippen molar-refractivity contribution in [1.82, 2.24) is 15.6 Å². The molecule has 0 spiro atoms. The number of amides is 1. The Morgan fingerprint density at radius 2 is 2.37 bits per heavy atom. The summed E-state index contributed by atoms with van der Waals surface area (Å²) in [5.74, 6) is 0.984. The summed E-state index contributed by atoms with van der Waals surface area (Å²) in [6.45, 7) is 1.46. The van der Waals surface area contributed by atoms with Gasteiger partial charge in [-0.05, 0) is 25.5 Å². The molecule has 1 fully saturated rings. The fourth-order valence-electron chi connectivity index (χ4n) is 2.18. The van der Waals surface area contributed by atoms with E-state index in [4.69, 9.17) is 0 Å². The molecule has 106 valence electrons. The molecular formula is C13H21ClN4O. The summed E-state index contributed by atoms with van der Waals surface area (Å²) in [4.78, 5) is 18.2. The summed E-state index contributed by atoms with van der Waals surface area (Å²) >= 11 is 0. The Labute approximate surface area is 120 Å². The second-order valence-electron chi connectivity index (χ2n) is 4.75. The van der Waals surface area contributed by atoms with Crippen molar-refractivity contribution in [1.29, 1.82) is 0 Å². The lowest BCUT2D eigenvalue weighted by Crippen LogP contribution is -2.40. The van der Waals surface area contributed by atoms with Crippen LogP contribution < -0.4 is 15.5 Å². The number of pyridine rings is 1. The van der Waals surface area contributed by atoms with E-state index in [-0.39, 0.29) is 24.4 Å². The average Bonchev–Trinajstić information content (AvgIpc) is 2.90. The topological polar surface area (TPSA) is 57.3 Å². The molecule has 1 aliphatic rings. The molecule has 0 radical (unpaired) electrons. The van der Waals surface area contributed by atoms with E-state index in [9.17, 15) is 4.79 Å². The number of halogens is 1. The highest BCUT2D eigenvalue weighted by Crippen LogP contribution is 2.14. The lowest BCUT2D eigenvalue weighted by atomic mass is 10.2. The van der Waals surface area contributed by atoms with Gasteiger partial charge >= 0.3 is 0 Å². The van der Waals surface area contributed by atoms with Gasteiger partial charge in [0.15, 0.2) is 0 Å². The predicted molar refractivity (Wildman–Crippen MR) is 78.7 cm³/mol. The van der Waals surface area contributed by atoms with Gasteiger partial charge in [0.25, 0.3) is 0 Å². The van der Waals surface area contributed by atoms with Gasteiger partial charge in [-0.3, -0.25) is 4.79 Å². The van der Waals surface area contributed by atoms with E-state index in [0.29, 0.717) is 6.54 Å². The van der Waals surface area contributed by atoms with Crippen molar-refractivity contribution < 1.29 is 4.79 Å². The molecule has 19 heavy (non-hydrogen) atoms. The van der Waals surface area contributed by atoms with Gasteiger partial charge in [-0.2, -0.15) is 0 Å².